The molecule has 0 saturated carbocycles. The van der Waals surface area contributed by atoms with E-state index in [-0.39, 0.29) is 12.8 Å². The van der Waals surface area contributed by atoms with E-state index < -0.39 is 11.9 Å². The minimum absolute atomic E-state index is 0.0941. The lowest BCUT2D eigenvalue weighted by Crippen LogP contribution is -2.33. The number of alkyl halides is 3. The molecule has 1 rings (SSSR count). The second-order valence-corrected chi connectivity index (χ2v) is 2.34. The number of nitrogens with zero attached hydrogens (tertiary/aromatic N) is 2. The Morgan fingerprint density at radius 3 is 2.42 bits per heavy atom. The zero-order chi connectivity index (χ0) is 9.19. The predicted molar refractivity (Wildman–Crippen MR) is 39.2 cm³/mol. The van der Waals surface area contributed by atoms with Gasteiger partial charge in [-0.05, 0) is 0 Å². The van der Waals surface area contributed by atoms with E-state index in [4.69, 9.17) is 0 Å². The van der Waals surface area contributed by atoms with E-state index in [0.717, 1.165) is 0 Å². The van der Waals surface area contributed by atoms with E-state index in [9.17, 15) is 13.2 Å². The third-order valence-corrected chi connectivity index (χ3v) is 1.52. The highest BCUT2D eigenvalue weighted by atomic mass is 19.4. The zero-order valence-electron chi connectivity index (χ0n) is 6.44. The Labute approximate surface area is 67.4 Å². The third-order valence-electron chi connectivity index (χ3n) is 1.52. The summed E-state index contributed by atoms with van der Waals surface area (Å²) in [6, 6.07) is 0. The molecule has 0 aromatic carbocycles. The number of nitrogens with one attached hydrogen (secondary N) is 1. The van der Waals surface area contributed by atoms with Crippen LogP contribution in [0.2, 0.25) is 0 Å². The highest BCUT2D eigenvalue weighted by Gasteiger charge is 2.36. The molecule has 6 heteroatoms. The highest BCUT2D eigenvalue weighted by molar-refractivity contribution is 5.97. The molecule has 0 spiro atoms. The largest absolute Gasteiger partial charge is 0.431 e. The summed E-state index contributed by atoms with van der Waals surface area (Å²) in [5.41, 5.74) is 1.47. The summed E-state index contributed by atoms with van der Waals surface area (Å²) in [5, 5.41) is 3.16. The van der Waals surface area contributed by atoms with E-state index in [0.29, 0.717) is 5.84 Å². The van der Waals surface area contributed by atoms with Crippen LogP contribution < -0.4 is 5.43 Å². The van der Waals surface area contributed by atoms with Gasteiger partial charge in [0.15, 0.2) is 0 Å². The van der Waals surface area contributed by atoms with Crippen LogP contribution >= 0.6 is 0 Å². The number of hydrogen-bond donors (Lipinski definition) is 1. The number of hydrogen-bond acceptors (Lipinski definition) is 2. The van der Waals surface area contributed by atoms with Crippen LogP contribution in [0.15, 0.2) is 10.1 Å². The van der Waals surface area contributed by atoms with E-state index in [2.05, 4.69) is 15.5 Å². The van der Waals surface area contributed by atoms with Crippen molar-refractivity contribution in [1.29, 1.82) is 0 Å². The van der Waals surface area contributed by atoms with Crippen LogP contribution in [0.25, 0.3) is 0 Å². The lowest BCUT2D eigenvalue weighted by atomic mass is 10.2. The van der Waals surface area contributed by atoms with Crippen LogP contribution in [0, 0.1) is 0 Å². The lowest BCUT2D eigenvalue weighted by molar-refractivity contribution is -0.0609. The maximum atomic E-state index is 12.0. The fraction of sp³-hybridized carbons (Fsp3) is 0.667. The van der Waals surface area contributed by atoms with Gasteiger partial charge < -0.3 is 0 Å². The Morgan fingerprint density at radius 2 is 2.08 bits per heavy atom. The summed E-state index contributed by atoms with van der Waals surface area (Å²) < 4.78 is 35.9. The van der Waals surface area contributed by atoms with Crippen LogP contribution in [-0.2, 0) is 0 Å². The number of amidine groups is 1. The minimum Gasteiger partial charge on any atom is -0.274 e. The van der Waals surface area contributed by atoms with Gasteiger partial charge in [0.05, 0.1) is 0 Å². The van der Waals surface area contributed by atoms with Gasteiger partial charge in [-0.1, -0.05) is 0 Å². The Hall–Kier alpha value is -1.07. The minimum atomic E-state index is -4.31. The van der Waals surface area contributed by atoms with E-state index in [1.165, 1.54) is 7.05 Å². The van der Waals surface area contributed by atoms with Gasteiger partial charge in [0.2, 0.25) is 0 Å². The van der Waals surface area contributed by atoms with Gasteiger partial charge in [-0.25, -0.2) is 0 Å². The molecule has 0 radical (unpaired) electrons. The van der Waals surface area contributed by atoms with Crippen molar-refractivity contribution in [2.45, 2.75) is 19.0 Å². The maximum absolute atomic E-state index is 12.0. The van der Waals surface area contributed by atoms with Gasteiger partial charge >= 0.3 is 6.18 Å². The first-order chi connectivity index (χ1) is 5.54. The first-order valence-corrected chi connectivity index (χ1v) is 3.39. The quantitative estimate of drug-likeness (QED) is 0.598. The van der Waals surface area contributed by atoms with Crippen molar-refractivity contribution in [2.75, 3.05) is 7.05 Å². The molecule has 1 heterocycles. The van der Waals surface area contributed by atoms with Gasteiger partial charge in [-0.15, -0.1) is 0 Å². The molecule has 0 unspecified atom stereocenters. The van der Waals surface area contributed by atoms with Gasteiger partial charge in [-0.2, -0.15) is 18.3 Å². The van der Waals surface area contributed by atoms with E-state index in [1.54, 1.807) is 0 Å². The first kappa shape index (κ1) is 9.02. The molecule has 68 valence electrons. The monoisotopic (exact) mass is 179 g/mol. The molecule has 1 N–H and O–H groups in total. The van der Waals surface area contributed by atoms with Crippen LogP contribution in [-0.4, -0.2) is 24.8 Å². The van der Waals surface area contributed by atoms with Crippen molar-refractivity contribution in [3.8, 4) is 0 Å². The Bertz CT molecular complexity index is 229. The molecular weight excluding hydrogens is 171 g/mol. The molecule has 0 aliphatic carbocycles. The Balaban J connectivity index is 2.68. The van der Waals surface area contributed by atoms with Gasteiger partial charge in [0, 0.05) is 19.9 Å². The molecule has 3 nitrogen and oxygen atoms in total. The average Bonchev–Trinajstić information content (AvgIpc) is 2.03. The molecule has 12 heavy (non-hydrogen) atoms. The molecule has 0 atom stereocenters. The van der Waals surface area contributed by atoms with E-state index >= 15 is 0 Å². The summed E-state index contributed by atoms with van der Waals surface area (Å²) in [7, 11) is 1.51. The van der Waals surface area contributed by atoms with Crippen LogP contribution in [0.1, 0.15) is 12.8 Å². The molecule has 0 fully saturated rings. The van der Waals surface area contributed by atoms with Crippen molar-refractivity contribution in [1.82, 2.24) is 5.43 Å². The van der Waals surface area contributed by atoms with Gasteiger partial charge in [0.25, 0.3) is 0 Å². The molecule has 1 aliphatic rings. The predicted octanol–water partition coefficient (Wildman–Crippen LogP) is 1.32. The second kappa shape index (κ2) is 3.12. The second-order valence-electron chi connectivity index (χ2n) is 2.34. The summed E-state index contributed by atoms with van der Waals surface area (Å²) in [6.45, 7) is 0. The first-order valence-electron chi connectivity index (χ1n) is 3.39. The lowest BCUT2D eigenvalue weighted by Gasteiger charge is -2.16. The molecule has 1 aliphatic heterocycles. The summed E-state index contributed by atoms with van der Waals surface area (Å²) in [5.74, 6) is 0.489. The number of hydrazone groups is 1. The topological polar surface area (TPSA) is 36.8 Å². The Kier molecular flexibility index (Phi) is 2.35. The van der Waals surface area contributed by atoms with Crippen molar-refractivity contribution < 1.29 is 13.2 Å². The molecule has 0 amide bonds. The molecular formula is C6H8F3N3. The molecule has 0 bridgehead atoms. The summed E-state index contributed by atoms with van der Waals surface area (Å²) in [4.78, 5) is 3.70. The average molecular weight is 179 g/mol. The summed E-state index contributed by atoms with van der Waals surface area (Å²) >= 11 is 0. The normalized spacial score (nSPS) is 22.0. The van der Waals surface area contributed by atoms with Crippen molar-refractivity contribution in [2.24, 2.45) is 10.1 Å². The zero-order valence-corrected chi connectivity index (χ0v) is 6.44. The van der Waals surface area contributed by atoms with Crippen LogP contribution in [0.5, 0.6) is 0 Å². The number of aliphatic imine (C=N–C) groups is 1. The molecule has 0 aromatic rings. The third kappa shape index (κ3) is 1.96. The number of rotatable bonds is 0. The SMILES string of the molecule is CN=C1CCC(C(F)(F)F)=NN1. The highest BCUT2D eigenvalue weighted by Crippen LogP contribution is 2.21. The summed E-state index contributed by atoms with van der Waals surface area (Å²) in [6.07, 6.45) is -4.13. The smallest absolute Gasteiger partial charge is 0.274 e. The van der Waals surface area contributed by atoms with Gasteiger partial charge in [0.1, 0.15) is 11.5 Å². The van der Waals surface area contributed by atoms with Crippen molar-refractivity contribution in [3.05, 3.63) is 0 Å². The van der Waals surface area contributed by atoms with Crippen molar-refractivity contribution in [3.63, 3.8) is 0 Å². The molecule has 0 aromatic heterocycles. The maximum Gasteiger partial charge on any atom is 0.431 e. The van der Waals surface area contributed by atoms with E-state index in [1.807, 2.05) is 0 Å². The Morgan fingerprint density at radius 1 is 1.42 bits per heavy atom. The van der Waals surface area contributed by atoms with Crippen molar-refractivity contribution >= 4 is 11.5 Å². The fourth-order valence-corrected chi connectivity index (χ4v) is 0.848. The molecule has 0 saturated heterocycles. The van der Waals surface area contributed by atoms with Crippen LogP contribution in [0.4, 0.5) is 13.2 Å². The number of halogens is 3. The van der Waals surface area contributed by atoms with Crippen LogP contribution in [0.3, 0.4) is 0 Å². The standard InChI is InChI=1S/C6H8F3N3/c1-10-5-3-2-4(11-12-5)6(7,8)9/h2-3H2,1H3,(H,10,12). The van der Waals surface area contributed by atoms with Gasteiger partial charge in [-0.3, -0.25) is 10.4 Å². The fourth-order valence-electron chi connectivity index (χ4n) is 0.848.